The van der Waals surface area contributed by atoms with E-state index in [0.29, 0.717) is 36.0 Å². The van der Waals surface area contributed by atoms with Crippen LogP contribution < -0.4 is 43.4 Å². The summed E-state index contributed by atoms with van der Waals surface area (Å²) < 4.78 is 0. The van der Waals surface area contributed by atoms with E-state index in [1.807, 2.05) is 36.4 Å². The molecule has 1 aliphatic heterocycles. The number of H-pyrrole nitrogens is 2. The number of unbranched alkanes of at least 4 members (excludes halogenated alkanes) is 1. The van der Waals surface area contributed by atoms with Crippen LogP contribution in [0.4, 0.5) is 0 Å². The minimum Gasteiger partial charge on any atom is -0.508 e. The first kappa shape index (κ1) is 57.0. The predicted molar refractivity (Wildman–Crippen MR) is 279 cm³/mol. The third kappa shape index (κ3) is 15.4. The minimum absolute atomic E-state index is 0.0267. The fraction of sp³-hybridized carbons (Fsp3) is 0.415. The van der Waals surface area contributed by atoms with Crippen molar-refractivity contribution >= 4 is 75.1 Å². The van der Waals surface area contributed by atoms with E-state index in [4.69, 9.17) is 11.5 Å². The van der Waals surface area contributed by atoms with E-state index in [1.54, 1.807) is 38.4 Å². The lowest BCUT2D eigenvalue weighted by Crippen LogP contribution is -2.59. The van der Waals surface area contributed by atoms with E-state index in [0.717, 1.165) is 21.8 Å². The van der Waals surface area contributed by atoms with Gasteiger partial charge in [-0.15, -0.1) is 0 Å². The molecule has 7 amide bonds. The Morgan fingerprint density at radius 2 is 1.25 bits per heavy atom. The van der Waals surface area contributed by atoms with Crippen LogP contribution in [0.5, 0.6) is 5.75 Å². The molecule has 15 N–H and O–H groups in total. The Morgan fingerprint density at radius 1 is 0.684 bits per heavy atom. The number of phenolic OH excluding ortho intramolecular Hbond substituents is 1. The molecule has 6 rings (SSSR count). The molecular formula is C53H67N11O12. The highest BCUT2D eigenvalue weighted by Crippen LogP contribution is 2.23. The van der Waals surface area contributed by atoms with Crippen molar-refractivity contribution < 1.29 is 58.5 Å². The summed E-state index contributed by atoms with van der Waals surface area (Å²) in [5.74, 6) is -8.52. The fourth-order valence-electron chi connectivity index (χ4n) is 9.20. The third-order valence-electron chi connectivity index (χ3n) is 13.3. The lowest BCUT2D eigenvalue weighted by atomic mass is 10.00. The summed E-state index contributed by atoms with van der Waals surface area (Å²) >= 11 is 0. The number of para-hydroxylation sites is 2. The Bertz CT molecular complexity index is 2880. The Hall–Kier alpha value is -8.31. The second-order valence-corrected chi connectivity index (χ2v) is 19.3. The molecule has 1 aliphatic rings. The first-order chi connectivity index (χ1) is 36.3. The standard InChI is InChI=1S/C53H67N11O12/c1-29(2)46(63-44(66)28-58-47(69)40(23-31-26-56-37-12-5-3-10-34(31)37)61-50(72)43-15-9-21-64(43)52(74)36(55)25-45(67)68)51(73)59-39(14-7-8-20-54)48(70)60-41(24-32-27-57-38-13-6-4-11-35(32)38)49(71)62-42(53(75)76)22-30-16-18-33(65)19-17-30/h3-6,10-13,16-19,26-27,29,36,39-43,46,56-57,65H,7-9,14-15,20-25,28,54-55H2,1-2H3,(H,58,69)(H,59,73)(H,60,70)(H,61,72)(H,62,71)(H,63,66)(H,67,68)(H,75,76)/t36-,39-,40-,41-,42-,43-,46-/m0/s1. The molecule has 0 aliphatic carbocycles. The molecule has 406 valence electrons. The van der Waals surface area contributed by atoms with Gasteiger partial charge in [0, 0.05) is 60.0 Å². The van der Waals surface area contributed by atoms with E-state index in [2.05, 4.69) is 41.9 Å². The Labute approximate surface area is 437 Å². The van der Waals surface area contributed by atoms with Crippen molar-refractivity contribution in [3.8, 4) is 5.75 Å². The van der Waals surface area contributed by atoms with Crippen molar-refractivity contribution in [3.63, 3.8) is 0 Å². The molecule has 3 aromatic carbocycles. The molecule has 3 heterocycles. The number of phenols is 1. The molecule has 76 heavy (non-hydrogen) atoms. The van der Waals surface area contributed by atoms with Gasteiger partial charge >= 0.3 is 11.9 Å². The summed E-state index contributed by atoms with van der Waals surface area (Å²) in [6.45, 7) is 3.09. The molecule has 23 heteroatoms. The van der Waals surface area contributed by atoms with Gasteiger partial charge in [0.25, 0.3) is 0 Å². The Morgan fingerprint density at radius 3 is 1.83 bits per heavy atom. The number of carbonyl (C=O) groups excluding carboxylic acids is 7. The van der Waals surface area contributed by atoms with Gasteiger partial charge in [-0.3, -0.25) is 38.4 Å². The number of nitrogens with two attached hydrogens (primary N) is 2. The van der Waals surface area contributed by atoms with E-state index in [9.17, 15) is 58.5 Å². The normalized spacial score (nSPS) is 15.7. The van der Waals surface area contributed by atoms with E-state index in [1.165, 1.54) is 29.2 Å². The summed E-state index contributed by atoms with van der Waals surface area (Å²) in [6, 6.07) is 11.4. The zero-order chi connectivity index (χ0) is 55.1. The van der Waals surface area contributed by atoms with Crippen LogP contribution in [0.25, 0.3) is 21.8 Å². The molecule has 5 aromatic rings. The number of benzene rings is 3. The van der Waals surface area contributed by atoms with Gasteiger partial charge in [-0.25, -0.2) is 4.79 Å². The molecular weight excluding hydrogens is 983 g/mol. The number of carboxylic acids is 2. The minimum atomic E-state index is -1.43. The number of carbonyl (C=O) groups is 9. The quantitative estimate of drug-likeness (QED) is 0.0320. The number of carboxylic acid groups (broad SMARTS) is 2. The second kappa shape index (κ2) is 26.8. The number of nitrogens with zero attached hydrogens (tertiary/aromatic N) is 1. The van der Waals surface area contributed by atoms with Crippen molar-refractivity contribution in [2.45, 2.75) is 114 Å². The molecule has 1 saturated heterocycles. The average Bonchev–Trinajstić information content (AvgIpc) is 4.16. The van der Waals surface area contributed by atoms with Gasteiger partial charge in [0.15, 0.2) is 0 Å². The monoisotopic (exact) mass is 1050 g/mol. The first-order valence-electron chi connectivity index (χ1n) is 25.2. The summed E-state index contributed by atoms with van der Waals surface area (Å²) in [7, 11) is 0. The van der Waals surface area contributed by atoms with Crippen molar-refractivity contribution in [2.75, 3.05) is 19.6 Å². The number of amides is 7. The van der Waals surface area contributed by atoms with Crippen molar-refractivity contribution in [3.05, 3.63) is 102 Å². The van der Waals surface area contributed by atoms with Crippen molar-refractivity contribution in [1.82, 2.24) is 46.8 Å². The topological polar surface area (TPSA) is 373 Å². The highest BCUT2D eigenvalue weighted by Gasteiger charge is 2.39. The smallest absolute Gasteiger partial charge is 0.326 e. The van der Waals surface area contributed by atoms with Crippen LogP contribution in [0.2, 0.25) is 0 Å². The van der Waals surface area contributed by atoms with Gasteiger partial charge in [-0.2, -0.15) is 0 Å². The molecule has 0 bridgehead atoms. The summed E-state index contributed by atoms with van der Waals surface area (Å²) in [4.78, 5) is 128. The van der Waals surface area contributed by atoms with Gasteiger partial charge in [-0.05, 0) is 85.5 Å². The van der Waals surface area contributed by atoms with Crippen LogP contribution >= 0.6 is 0 Å². The zero-order valence-electron chi connectivity index (χ0n) is 42.3. The van der Waals surface area contributed by atoms with Gasteiger partial charge in [0.2, 0.25) is 41.4 Å². The Balaban J connectivity index is 1.15. The third-order valence-corrected chi connectivity index (χ3v) is 13.3. The first-order valence-corrected chi connectivity index (χ1v) is 25.2. The van der Waals surface area contributed by atoms with Crippen LogP contribution in [0.15, 0.2) is 85.2 Å². The molecule has 0 saturated carbocycles. The van der Waals surface area contributed by atoms with Crippen molar-refractivity contribution in [1.29, 1.82) is 0 Å². The lowest BCUT2D eigenvalue weighted by Gasteiger charge is -2.28. The Kier molecular flexibility index (Phi) is 20.1. The molecule has 1 fully saturated rings. The van der Waals surface area contributed by atoms with Gasteiger partial charge in [0.05, 0.1) is 19.0 Å². The maximum atomic E-state index is 14.3. The predicted octanol–water partition coefficient (Wildman–Crippen LogP) is 0.585. The number of rotatable bonds is 27. The molecule has 0 radical (unpaired) electrons. The number of aromatic hydroxyl groups is 1. The van der Waals surface area contributed by atoms with Crippen LogP contribution in [0, 0.1) is 5.92 Å². The second-order valence-electron chi connectivity index (χ2n) is 19.3. The highest BCUT2D eigenvalue weighted by molar-refractivity contribution is 5.98. The number of hydrogen-bond acceptors (Lipinski definition) is 12. The number of fused-ring (bicyclic) bond motifs is 2. The van der Waals surface area contributed by atoms with Crippen molar-refractivity contribution in [2.24, 2.45) is 17.4 Å². The molecule has 0 unspecified atom stereocenters. The van der Waals surface area contributed by atoms with Crippen LogP contribution in [-0.2, 0) is 62.4 Å². The SMILES string of the molecule is CC(C)[C@H](NC(=O)CNC(=O)[C@H](Cc1c[nH]c2ccccc12)NC(=O)[C@@H]1CCCN1C(=O)[C@@H](N)CC(=O)O)C(=O)N[C@@H](CCCCN)C(=O)N[C@@H](Cc1c[nH]c2ccccc12)C(=O)N[C@@H](Cc1ccc(O)cc1)C(=O)O. The molecule has 2 aromatic heterocycles. The number of aliphatic carboxylic acids is 2. The largest absolute Gasteiger partial charge is 0.508 e. The summed E-state index contributed by atoms with van der Waals surface area (Å²) in [6.07, 6.45) is 4.02. The van der Waals surface area contributed by atoms with Gasteiger partial charge < -0.3 is 73.6 Å². The van der Waals surface area contributed by atoms with Crippen LogP contribution in [-0.4, -0.2) is 145 Å². The van der Waals surface area contributed by atoms with E-state index >= 15 is 0 Å². The van der Waals surface area contributed by atoms with Gasteiger partial charge in [0.1, 0.15) is 42.0 Å². The number of aromatic nitrogens is 2. The summed E-state index contributed by atoms with van der Waals surface area (Å²) in [5.41, 5.74) is 15.0. The van der Waals surface area contributed by atoms with E-state index in [-0.39, 0.29) is 50.9 Å². The molecule has 0 spiro atoms. The molecule has 7 atom stereocenters. The maximum absolute atomic E-state index is 14.3. The number of aromatic amines is 2. The lowest BCUT2D eigenvalue weighted by molar-refractivity contribution is -0.144. The average molecular weight is 1050 g/mol. The fourth-order valence-corrected chi connectivity index (χ4v) is 9.20. The number of hydrogen-bond donors (Lipinski definition) is 13. The van der Waals surface area contributed by atoms with E-state index < -0.39 is 114 Å². The summed E-state index contributed by atoms with van der Waals surface area (Å²) in [5, 5.41) is 46.6. The van der Waals surface area contributed by atoms with Gasteiger partial charge in [-0.1, -0.05) is 62.4 Å². The van der Waals surface area contributed by atoms with Crippen LogP contribution in [0.1, 0.15) is 69.1 Å². The number of likely N-dealkylation sites (tertiary alicyclic amines) is 1. The molecule has 23 nitrogen and oxygen atoms in total. The zero-order valence-corrected chi connectivity index (χ0v) is 42.3. The van der Waals surface area contributed by atoms with Crippen LogP contribution in [0.3, 0.4) is 0 Å². The number of nitrogens with one attached hydrogen (secondary N) is 8. The maximum Gasteiger partial charge on any atom is 0.326 e. The highest BCUT2D eigenvalue weighted by atomic mass is 16.4.